The zero-order chi connectivity index (χ0) is 13.5. The molecule has 1 atom stereocenters. The fourth-order valence-corrected chi connectivity index (χ4v) is 2.11. The van der Waals surface area contributed by atoms with Gasteiger partial charge in [0.25, 0.3) is 9.84 Å². The number of allylic oxidation sites excluding steroid dienone is 1. The predicted molar refractivity (Wildman–Crippen MR) is 51.9 cm³/mol. The van der Waals surface area contributed by atoms with E-state index in [9.17, 15) is 21.6 Å². The van der Waals surface area contributed by atoms with Crippen LogP contribution >= 0.6 is 0 Å². The molecule has 1 fully saturated rings. The Bertz CT molecular complexity index is 485. The molecule has 96 valence electrons. The van der Waals surface area contributed by atoms with Crippen LogP contribution in [0.3, 0.4) is 0 Å². The van der Waals surface area contributed by atoms with E-state index >= 15 is 0 Å². The van der Waals surface area contributed by atoms with Gasteiger partial charge in [0.1, 0.15) is 17.3 Å². The maximum absolute atomic E-state index is 12.1. The second-order valence-corrected chi connectivity index (χ2v) is 6.05. The summed E-state index contributed by atoms with van der Waals surface area (Å²) in [4.78, 5) is 0. The van der Waals surface area contributed by atoms with Crippen LogP contribution in [0, 0.1) is 17.2 Å². The largest absolute Gasteiger partial charge is 0.501 e. The van der Waals surface area contributed by atoms with E-state index in [-0.39, 0.29) is 11.8 Å². The third-order valence-corrected chi connectivity index (χ3v) is 3.37. The SMILES string of the molecule is CC1(C)CC(C#N)C(=CS(=O)(=O)C(F)(F)F)O1. The van der Waals surface area contributed by atoms with Crippen molar-refractivity contribution < 1.29 is 26.3 Å². The second-order valence-electron chi connectivity index (χ2n) is 4.26. The lowest BCUT2D eigenvalue weighted by Gasteiger charge is -2.16. The zero-order valence-electron chi connectivity index (χ0n) is 9.08. The van der Waals surface area contributed by atoms with Crippen LogP contribution in [-0.2, 0) is 14.6 Å². The molecule has 17 heavy (non-hydrogen) atoms. The molecule has 0 aromatic carbocycles. The highest BCUT2D eigenvalue weighted by Gasteiger charge is 2.47. The van der Waals surface area contributed by atoms with Crippen molar-refractivity contribution in [2.45, 2.75) is 31.4 Å². The van der Waals surface area contributed by atoms with Crippen molar-refractivity contribution in [2.75, 3.05) is 0 Å². The average molecular weight is 269 g/mol. The van der Waals surface area contributed by atoms with Crippen molar-refractivity contribution in [2.24, 2.45) is 5.92 Å². The molecule has 8 heteroatoms. The summed E-state index contributed by atoms with van der Waals surface area (Å²) in [5.74, 6) is -1.42. The number of rotatable bonds is 1. The third-order valence-electron chi connectivity index (χ3n) is 2.18. The fourth-order valence-electron chi connectivity index (χ4n) is 1.46. The Morgan fingerprint density at radius 1 is 1.53 bits per heavy atom. The van der Waals surface area contributed by atoms with Crippen LogP contribution in [0.5, 0.6) is 0 Å². The first-order chi connectivity index (χ1) is 7.48. The van der Waals surface area contributed by atoms with E-state index in [1.54, 1.807) is 19.9 Å². The summed E-state index contributed by atoms with van der Waals surface area (Å²) in [6.07, 6.45) is 0.155. The third kappa shape index (κ3) is 2.91. The molecule has 4 nitrogen and oxygen atoms in total. The Labute approximate surface area is 96.6 Å². The molecule has 0 aromatic rings. The monoisotopic (exact) mass is 269 g/mol. The first-order valence-electron chi connectivity index (χ1n) is 4.60. The van der Waals surface area contributed by atoms with E-state index in [2.05, 4.69) is 0 Å². The van der Waals surface area contributed by atoms with Crippen LogP contribution in [0.15, 0.2) is 11.2 Å². The van der Waals surface area contributed by atoms with Gasteiger partial charge in [-0.3, -0.25) is 0 Å². The number of nitriles is 1. The summed E-state index contributed by atoms with van der Waals surface area (Å²) < 4.78 is 63.2. The Balaban J connectivity index is 3.14. The predicted octanol–water partition coefficient (Wildman–Crippen LogP) is 2.10. The van der Waals surface area contributed by atoms with Gasteiger partial charge in [-0.2, -0.15) is 18.4 Å². The molecular weight excluding hydrogens is 259 g/mol. The summed E-state index contributed by atoms with van der Waals surface area (Å²) in [7, 11) is -5.41. The highest BCUT2D eigenvalue weighted by molar-refractivity contribution is 7.95. The number of hydrogen-bond acceptors (Lipinski definition) is 4. The maximum Gasteiger partial charge on any atom is 0.501 e. The quantitative estimate of drug-likeness (QED) is 0.731. The van der Waals surface area contributed by atoms with E-state index in [4.69, 9.17) is 10.00 Å². The molecule has 0 saturated carbocycles. The first-order valence-corrected chi connectivity index (χ1v) is 6.15. The van der Waals surface area contributed by atoms with Crippen molar-refractivity contribution in [1.29, 1.82) is 5.26 Å². The number of alkyl halides is 3. The van der Waals surface area contributed by atoms with Crippen LogP contribution in [0.25, 0.3) is 0 Å². The van der Waals surface area contributed by atoms with Crippen LogP contribution in [0.4, 0.5) is 13.2 Å². The normalized spacial score (nSPS) is 26.6. The van der Waals surface area contributed by atoms with Crippen molar-refractivity contribution >= 4 is 9.84 Å². The van der Waals surface area contributed by atoms with Gasteiger partial charge in [-0.1, -0.05) is 0 Å². The van der Waals surface area contributed by atoms with Crippen LogP contribution in [0.1, 0.15) is 20.3 Å². The fraction of sp³-hybridized carbons (Fsp3) is 0.667. The summed E-state index contributed by atoms with van der Waals surface area (Å²) in [6.45, 7) is 3.14. The Hall–Kier alpha value is -1.23. The number of ether oxygens (including phenoxy) is 1. The molecule has 0 radical (unpaired) electrons. The smallest absolute Gasteiger partial charge is 0.490 e. The van der Waals surface area contributed by atoms with E-state index in [0.29, 0.717) is 0 Å². The Morgan fingerprint density at radius 2 is 2.06 bits per heavy atom. The molecular formula is C9H10F3NO3S. The molecule has 0 spiro atoms. The first kappa shape index (κ1) is 13.8. The van der Waals surface area contributed by atoms with Crippen LogP contribution < -0.4 is 0 Å². The lowest BCUT2D eigenvalue weighted by atomic mass is 9.98. The van der Waals surface area contributed by atoms with Gasteiger partial charge >= 0.3 is 5.51 Å². The van der Waals surface area contributed by atoms with Gasteiger partial charge in [-0.15, -0.1) is 0 Å². The number of nitrogens with zero attached hydrogens (tertiary/aromatic N) is 1. The maximum atomic E-state index is 12.1. The number of hydrogen-bond donors (Lipinski definition) is 0. The lowest BCUT2D eigenvalue weighted by Crippen LogP contribution is -2.21. The molecule has 1 aliphatic rings. The highest BCUT2D eigenvalue weighted by Crippen LogP contribution is 2.38. The van der Waals surface area contributed by atoms with E-state index in [0.717, 1.165) is 0 Å². The molecule has 1 saturated heterocycles. The van der Waals surface area contributed by atoms with Crippen LogP contribution in [-0.4, -0.2) is 19.5 Å². The minimum atomic E-state index is -5.41. The molecule has 0 bridgehead atoms. The van der Waals surface area contributed by atoms with Gasteiger partial charge in [0.2, 0.25) is 0 Å². The van der Waals surface area contributed by atoms with Gasteiger partial charge in [-0.05, 0) is 13.8 Å². The van der Waals surface area contributed by atoms with Gasteiger partial charge in [-0.25, -0.2) is 8.42 Å². The minimum absolute atomic E-state index is 0.00433. The molecule has 1 heterocycles. The summed E-state index contributed by atoms with van der Waals surface area (Å²) in [5.41, 5.74) is -6.22. The molecule has 0 amide bonds. The zero-order valence-corrected chi connectivity index (χ0v) is 9.89. The van der Waals surface area contributed by atoms with Gasteiger partial charge in [0.15, 0.2) is 0 Å². The summed E-state index contributed by atoms with van der Waals surface area (Å²) in [6, 6.07) is 1.72. The van der Waals surface area contributed by atoms with Crippen molar-refractivity contribution in [3.05, 3.63) is 11.2 Å². The van der Waals surface area contributed by atoms with E-state index in [1.165, 1.54) is 0 Å². The minimum Gasteiger partial charge on any atom is -0.490 e. The summed E-state index contributed by atoms with van der Waals surface area (Å²) >= 11 is 0. The topological polar surface area (TPSA) is 67.2 Å². The summed E-state index contributed by atoms with van der Waals surface area (Å²) in [5, 5.41) is 8.72. The standard InChI is InChI=1S/C9H10F3NO3S/c1-8(2)3-6(4-13)7(16-8)5-17(14,15)9(10,11)12/h5-6H,3H2,1-2H3. The van der Waals surface area contributed by atoms with E-state index < -0.39 is 32.6 Å². The molecule has 0 aromatic heterocycles. The van der Waals surface area contributed by atoms with Crippen molar-refractivity contribution in [3.63, 3.8) is 0 Å². The lowest BCUT2D eigenvalue weighted by molar-refractivity contribution is -0.0425. The van der Waals surface area contributed by atoms with Gasteiger partial charge < -0.3 is 4.74 Å². The highest BCUT2D eigenvalue weighted by atomic mass is 32.2. The van der Waals surface area contributed by atoms with Gasteiger partial charge in [0, 0.05) is 6.42 Å². The van der Waals surface area contributed by atoms with Crippen molar-refractivity contribution in [3.8, 4) is 6.07 Å². The van der Waals surface area contributed by atoms with E-state index in [1.807, 2.05) is 0 Å². The van der Waals surface area contributed by atoms with Crippen molar-refractivity contribution in [1.82, 2.24) is 0 Å². The molecule has 1 aliphatic heterocycles. The number of halogens is 3. The second kappa shape index (κ2) is 3.91. The Kier molecular flexibility index (Phi) is 3.18. The number of sulfone groups is 1. The van der Waals surface area contributed by atoms with Gasteiger partial charge in [0.05, 0.1) is 11.5 Å². The van der Waals surface area contributed by atoms with Crippen LogP contribution in [0.2, 0.25) is 0 Å². The molecule has 0 N–H and O–H groups in total. The molecule has 1 unspecified atom stereocenters. The molecule has 0 aliphatic carbocycles. The average Bonchev–Trinajstić information content (AvgIpc) is 2.37. The molecule has 1 rings (SSSR count). The Morgan fingerprint density at radius 3 is 2.47 bits per heavy atom.